The highest BCUT2D eigenvalue weighted by atomic mass is 19.1. The number of halogens is 1. The summed E-state index contributed by atoms with van der Waals surface area (Å²) >= 11 is 0. The van der Waals surface area contributed by atoms with Gasteiger partial charge in [0, 0.05) is 24.5 Å². The average Bonchev–Trinajstić information content (AvgIpc) is 2.23. The molecule has 0 aromatic heterocycles. The molecular weight excluding hydrogens is 217 g/mol. The Morgan fingerprint density at radius 3 is 2.69 bits per heavy atom. The molecule has 5 nitrogen and oxygen atoms in total. The van der Waals surface area contributed by atoms with E-state index in [0.29, 0.717) is 6.07 Å². The average molecular weight is 227 g/mol. The zero-order valence-corrected chi connectivity index (χ0v) is 8.57. The largest absolute Gasteiger partial charge is 0.505 e. The molecule has 0 bridgehead atoms. The number of hydrogen-bond donors (Lipinski definition) is 1. The first-order valence-electron chi connectivity index (χ1n) is 4.63. The van der Waals surface area contributed by atoms with Crippen molar-refractivity contribution in [2.45, 2.75) is 19.8 Å². The van der Waals surface area contributed by atoms with E-state index in [1.165, 1.54) is 0 Å². The van der Waals surface area contributed by atoms with Crippen molar-refractivity contribution in [3.8, 4) is 5.75 Å². The number of non-ortho nitro benzene ring substituents is 1. The van der Waals surface area contributed by atoms with Crippen molar-refractivity contribution in [2.75, 3.05) is 0 Å². The van der Waals surface area contributed by atoms with E-state index in [9.17, 15) is 24.4 Å². The molecule has 0 radical (unpaired) electrons. The Morgan fingerprint density at radius 2 is 2.19 bits per heavy atom. The Labute approximate surface area is 90.7 Å². The quantitative estimate of drug-likeness (QED) is 0.629. The summed E-state index contributed by atoms with van der Waals surface area (Å²) in [5.41, 5.74) is -0.534. The number of carbonyl (C=O) groups excluding carboxylic acids is 1. The van der Waals surface area contributed by atoms with Crippen LogP contribution in [0.3, 0.4) is 0 Å². The third-order valence-corrected chi connectivity index (χ3v) is 2.12. The van der Waals surface area contributed by atoms with Gasteiger partial charge in [-0.05, 0) is 0 Å². The van der Waals surface area contributed by atoms with Gasteiger partial charge in [-0.15, -0.1) is 0 Å². The highest BCUT2D eigenvalue weighted by Gasteiger charge is 2.17. The zero-order valence-electron chi connectivity index (χ0n) is 8.57. The summed E-state index contributed by atoms with van der Waals surface area (Å²) in [6, 6.07) is 1.63. The van der Waals surface area contributed by atoms with Gasteiger partial charge in [0.1, 0.15) is 5.78 Å². The number of benzene rings is 1. The maximum atomic E-state index is 13.1. The SMILES string of the molecule is CCC(=O)Cc1cc([N+](=O)[O-])cc(F)c1O. The molecule has 0 aliphatic heterocycles. The first kappa shape index (κ1) is 12.1. The van der Waals surface area contributed by atoms with Crippen LogP contribution in [0.15, 0.2) is 12.1 Å². The second-order valence-corrected chi connectivity index (χ2v) is 3.26. The van der Waals surface area contributed by atoms with Gasteiger partial charge in [-0.3, -0.25) is 14.9 Å². The minimum Gasteiger partial charge on any atom is -0.505 e. The van der Waals surface area contributed by atoms with Crippen molar-refractivity contribution in [3.63, 3.8) is 0 Å². The Hall–Kier alpha value is -1.98. The summed E-state index contributed by atoms with van der Waals surface area (Å²) in [7, 11) is 0. The molecular formula is C10H10FNO4. The number of Topliss-reactive ketones (excluding diaryl/α,β-unsaturated/α-hetero) is 1. The second kappa shape index (κ2) is 4.69. The Morgan fingerprint density at radius 1 is 1.56 bits per heavy atom. The van der Waals surface area contributed by atoms with Crippen molar-refractivity contribution < 1.29 is 19.2 Å². The fourth-order valence-electron chi connectivity index (χ4n) is 1.22. The van der Waals surface area contributed by atoms with Crippen LogP contribution in [-0.2, 0) is 11.2 Å². The van der Waals surface area contributed by atoms with Gasteiger partial charge >= 0.3 is 0 Å². The van der Waals surface area contributed by atoms with Crippen molar-refractivity contribution in [2.24, 2.45) is 0 Å². The second-order valence-electron chi connectivity index (χ2n) is 3.26. The van der Waals surface area contributed by atoms with Crippen LogP contribution in [0.4, 0.5) is 10.1 Å². The van der Waals surface area contributed by atoms with Crippen LogP contribution in [0, 0.1) is 15.9 Å². The normalized spacial score (nSPS) is 10.1. The Kier molecular flexibility index (Phi) is 3.55. The molecule has 1 rings (SSSR count). The van der Waals surface area contributed by atoms with Crippen molar-refractivity contribution in [1.82, 2.24) is 0 Å². The fourth-order valence-corrected chi connectivity index (χ4v) is 1.22. The fraction of sp³-hybridized carbons (Fsp3) is 0.300. The number of nitro benzene ring substituents is 1. The molecule has 0 spiro atoms. The third kappa shape index (κ3) is 2.53. The molecule has 0 aliphatic rings. The smallest absolute Gasteiger partial charge is 0.272 e. The monoisotopic (exact) mass is 227 g/mol. The van der Waals surface area contributed by atoms with Crippen LogP contribution >= 0.6 is 0 Å². The number of rotatable bonds is 4. The first-order chi connectivity index (χ1) is 7.45. The first-order valence-corrected chi connectivity index (χ1v) is 4.63. The Bertz CT molecular complexity index is 445. The molecule has 1 aromatic rings. The van der Waals surface area contributed by atoms with Crippen LogP contribution in [-0.4, -0.2) is 15.8 Å². The van der Waals surface area contributed by atoms with Gasteiger partial charge in [0.05, 0.1) is 11.0 Å². The third-order valence-electron chi connectivity index (χ3n) is 2.12. The zero-order chi connectivity index (χ0) is 12.3. The highest BCUT2D eigenvalue weighted by molar-refractivity contribution is 5.81. The Balaban J connectivity index is 3.16. The highest BCUT2D eigenvalue weighted by Crippen LogP contribution is 2.27. The van der Waals surface area contributed by atoms with E-state index in [2.05, 4.69) is 0 Å². The number of nitro groups is 1. The lowest BCUT2D eigenvalue weighted by Gasteiger charge is -2.04. The summed E-state index contributed by atoms with van der Waals surface area (Å²) in [4.78, 5) is 20.8. The van der Waals surface area contributed by atoms with Gasteiger partial charge in [0.25, 0.3) is 5.69 Å². The van der Waals surface area contributed by atoms with Gasteiger partial charge in [0.15, 0.2) is 11.6 Å². The van der Waals surface area contributed by atoms with Crippen molar-refractivity contribution in [1.29, 1.82) is 0 Å². The lowest BCUT2D eigenvalue weighted by atomic mass is 10.1. The maximum Gasteiger partial charge on any atom is 0.272 e. The van der Waals surface area contributed by atoms with Gasteiger partial charge < -0.3 is 5.11 Å². The van der Waals surface area contributed by atoms with Gasteiger partial charge in [-0.2, -0.15) is 0 Å². The molecule has 0 saturated heterocycles. The molecule has 0 amide bonds. The van der Waals surface area contributed by atoms with E-state index >= 15 is 0 Å². The molecule has 1 aromatic carbocycles. The van der Waals surface area contributed by atoms with Crippen LogP contribution < -0.4 is 0 Å². The molecule has 0 aliphatic carbocycles. The number of nitrogens with zero attached hydrogens (tertiary/aromatic N) is 1. The van der Waals surface area contributed by atoms with Gasteiger partial charge in [-0.1, -0.05) is 6.92 Å². The lowest BCUT2D eigenvalue weighted by Crippen LogP contribution is -2.02. The van der Waals surface area contributed by atoms with Crippen LogP contribution in [0.2, 0.25) is 0 Å². The molecule has 6 heteroatoms. The molecule has 0 atom stereocenters. The molecule has 86 valence electrons. The molecule has 16 heavy (non-hydrogen) atoms. The number of carbonyl (C=O) groups is 1. The van der Waals surface area contributed by atoms with Crippen LogP contribution in [0.5, 0.6) is 5.75 Å². The summed E-state index contributed by atoms with van der Waals surface area (Å²) in [5.74, 6) is -2.02. The number of phenols is 1. The standard InChI is InChI=1S/C10H10FNO4/c1-2-8(13)4-6-3-7(12(15)16)5-9(11)10(6)14/h3,5,14H,2,4H2,1H3. The summed E-state index contributed by atoms with van der Waals surface area (Å²) in [5, 5.41) is 19.7. The summed E-state index contributed by atoms with van der Waals surface area (Å²) in [6.07, 6.45) is 0.0185. The van der Waals surface area contributed by atoms with E-state index in [4.69, 9.17) is 0 Å². The van der Waals surface area contributed by atoms with E-state index in [-0.39, 0.29) is 24.2 Å². The number of phenolic OH excluding ortho intramolecular Hbond substituents is 1. The molecule has 1 N–H and O–H groups in total. The van der Waals surface area contributed by atoms with Gasteiger partial charge in [-0.25, -0.2) is 4.39 Å². The van der Waals surface area contributed by atoms with E-state index in [0.717, 1.165) is 6.07 Å². The minimum atomic E-state index is -1.09. The number of aromatic hydroxyl groups is 1. The van der Waals surface area contributed by atoms with Crippen molar-refractivity contribution in [3.05, 3.63) is 33.6 Å². The molecule has 0 unspecified atom stereocenters. The van der Waals surface area contributed by atoms with E-state index < -0.39 is 22.2 Å². The maximum absolute atomic E-state index is 13.1. The topological polar surface area (TPSA) is 80.4 Å². The van der Waals surface area contributed by atoms with Crippen LogP contribution in [0.1, 0.15) is 18.9 Å². The predicted molar refractivity (Wildman–Crippen MR) is 53.7 cm³/mol. The number of hydrogen-bond acceptors (Lipinski definition) is 4. The van der Waals surface area contributed by atoms with E-state index in [1.807, 2.05) is 0 Å². The predicted octanol–water partition coefficient (Wildman–Crippen LogP) is 1.96. The van der Waals surface area contributed by atoms with Crippen molar-refractivity contribution >= 4 is 11.5 Å². The number of ketones is 1. The van der Waals surface area contributed by atoms with Gasteiger partial charge in [0.2, 0.25) is 0 Å². The van der Waals surface area contributed by atoms with E-state index in [1.54, 1.807) is 6.92 Å². The lowest BCUT2D eigenvalue weighted by molar-refractivity contribution is -0.385. The summed E-state index contributed by atoms with van der Waals surface area (Å²) in [6.45, 7) is 1.62. The minimum absolute atomic E-state index is 0.0569. The van der Waals surface area contributed by atoms with Crippen LogP contribution in [0.25, 0.3) is 0 Å². The molecule has 0 saturated carbocycles. The molecule has 0 fully saturated rings. The molecule has 0 heterocycles. The summed E-state index contributed by atoms with van der Waals surface area (Å²) < 4.78 is 13.1.